The first-order chi connectivity index (χ1) is 15.8. The average molecular weight is 460 g/mol. The normalized spacial score (nSPS) is 15.0. The molecule has 2 heterocycles. The number of halogens is 3. The summed E-state index contributed by atoms with van der Waals surface area (Å²) in [6.45, 7) is 0.277. The number of nitrogens with zero attached hydrogens (tertiary/aromatic N) is 3. The van der Waals surface area contributed by atoms with Gasteiger partial charge in [0.15, 0.2) is 17.3 Å². The van der Waals surface area contributed by atoms with Crippen molar-refractivity contribution in [3.63, 3.8) is 0 Å². The summed E-state index contributed by atoms with van der Waals surface area (Å²) in [4.78, 5) is 25.3. The van der Waals surface area contributed by atoms with Crippen molar-refractivity contribution >= 4 is 5.91 Å². The minimum Gasteiger partial charge on any atom is -0.454 e. The predicted molar refractivity (Wildman–Crippen MR) is 110 cm³/mol. The number of hydrogen-bond donors (Lipinski definition) is 1. The highest BCUT2D eigenvalue weighted by molar-refractivity contribution is 5.94. The smallest absolute Gasteiger partial charge is 0.416 e. The number of aromatic nitrogens is 3. The van der Waals surface area contributed by atoms with E-state index in [0.717, 1.165) is 25.0 Å². The Kier molecular flexibility index (Phi) is 5.10. The van der Waals surface area contributed by atoms with E-state index in [9.17, 15) is 22.8 Å². The third-order valence-corrected chi connectivity index (χ3v) is 5.47. The molecule has 0 radical (unpaired) electrons. The summed E-state index contributed by atoms with van der Waals surface area (Å²) in [6, 6.07) is 9.49. The van der Waals surface area contributed by atoms with Gasteiger partial charge in [0.2, 0.25) is 6.79 Å². The molecular weight excluding hydrogens is 441 g/mol. The molecule has 1 aliphatic heterocycles. The van der Waals surface area contributed by atoms with Crippen molar-refractivity contribution in [2.75, 3.05) is 13.3 Å². The van der Waals surface area contributed by atoms with Crippen LogP contribution in [0.5, 0.6) is 11.5 Å². The van der Waals surface area contributed by atoms with Crippen molar-refractivity contribution in [1.82, 2.24) is 19.7 Å². The molecule has 1 amide bonds. The topological polar surface area (TPSA) is 87.4 Å². The second-order valence-electron chi connectivity index (χ2n) is 7.83. The van der Waals surface area contributed by atoms with Crippen molar-refractivity contribution in [3.05, 3.63) is 64.1 Å². The summed E-state index contributed by atoms with van der Waals surface area (Å²) < 4.78 is 52.5. The second kappa shape index (κ2) is 7.98. The van der Waals surface area contributed by atoms with E-state index >= 15 is 0 Å². The molecule has 1 aliphatic carbocycles. The molecule has 172 valence electrons. The lowest BCUT2D eigenvalue weighted by Gasteiger charge is -2.09. The lowest BCUT2D eigenvalue weighted by molar-refractivity contribution is -0.137. The van der Waals surface area contributed by atoms with Gasteiger partial charge in [-0.25, -0.2) is 9.48 Å². The quantitative estimate of drug-likeness (QED) is 0.611. The molecule has 3 aromatic rings. The summed E-state index contributed by atoms with van der Waals surface area (Å²) in [5.74, 6) is 0.871. The number of carbonyl (C=O) groups excluding carboxylic acids is 1. The number of alkyl halides is 3. The van der Waals surface area contributed by atoms with Gasteiger partial charge in [-0.3, -0.25) is 9.36 Å². The van der Waals surface area contributed by atoms with E-state index in [1.54, 1.807) is 18.2 Å². The van der Waals surface area contributed by atoms with Crippen molar-refractivity contribution < 1.29 is 27.4 Å². The van der Waals surface area contributed by atoms with E-state index in [-0.39, 0.29) is 43.2 Å². The molecule has 0 unspecified atom stereocenters. The van der Waals surface area contributed by atoms with Gasteiger partial charge in [-0.05, 0) is 43.2 Å². The largest absolute Gasteiger partial charge is 0.454 e. The molecule has 11 heteroatoms. The van der Waals surface area contributed by atoms with Crippen LogP contribution in [0.2, 0.25) is 0 Å². The Bertz CT molecular complexity index is 1280. The maximum Gasteiger partial charge on any atom is 0.416 e. The van der Waals surface area contributed by atoms with Crippen LogP contribution in [0.15, 0.2) is 47.3 Å². The van der Waals surface area contributed by atoms with Gasteiger partial charge >= 0.3 is 11.9 Å². The SMILES string of the molecule is O=C(NCCn1nc(-c2cccc(C(F)(F)F)c2)n(C2CC2)c1=O)c1ccc2c(c1)OCO2. The van der Waals surface area contributed by atoms with Crippen LogP contribution in [0.25, 0.3) is 11.4 Å². The number of ether oxygens (including phenoxy) is 2. The summed E-state index contributed by atoms with van der Waals surface area (Å²) in [5.41, 5.74) is -0.626. The van der Waals surface area contributed by atoms with Gasteiger partial charge in [0.05, 0.1) is 12.1 Å². The number of fused-ring (bicyclic) bond motifs is 1. The Morgan fingerprint density at radius 2 is 1.91 bits per heavy atom. The average Bonchev–Trinajstić information content (AvgIpc) is 3.42. The summed E-state index contributed by atoms with van der Waals surface area (Å²) in [5, 5.41) is 7.01. The molecule has 1 N–H and O–H groups in total. The second-order valence-corrected chi connectivity index (χ2v) is 7.83. The Morgan fingerprint density at radius 3 is 2.67 bits per heavy atom. The highest BCUT2D eigenvalue weighted by Crippen LogP contribution is 2.38. The van der Waals surface area contributed by atoms with Crippen molar-refractivity contribution in [2.45, 2.75) is 31.6 Å². The zero-order chi connectivity index (χ0) is 23.2. The van der Waals surface area contributed by atoms with E-state index in [2.05, 4.69) is 10.4 Å². The summed E-state index contributed by atoms with van der Waals surface area (Å²) in [7, 11) is 0. The molecule has 1 saturated carbocycles. The van der Waals surface area contributed by atoms with Crippen molar-refractivity contribution in [1.29, 1.82) is 0 Å². The van der Waals surface area contributed by atoms with Gasteiger partial charge in [0.25, 0.3) is 5.91 Å². The third kappa shape index (κ3) is 4.18. The fourth-order valence-electron chi connectivity index (χ4n) is 3.67. The number of benzene rings is 2. The standard InChI is InChI=1S/C22H19F3N4O4/c23-22(24,25)15-3-1-2-13(10-15)19-27-28(21(31)29(19)16-5-6-16)9-8-26-20(30)14-4-7-17-18(11-14)33-12-32-17/h1-4,7,10-11,16H,5-6,8-9,12H2,(H,26,30). The molecule has 1 fully saturated rings. The third-order valence-electron chi connectivity index (χ3n) is 5.47. The van der Waals surface area contributed by atoms with Crippen LogP contribution in [-0.4, -0.2) is 33.6 Å². The van der Waals surface area contributed by atoms with Gasteiger partial charge in [0, 0.05) is 23.7 Å². The van der Waals surface area contributed by atoms with E-state index in [1.165, 1.54) is 21.4 Å². The van der Waals surface area contributed by atoms with Gasteiger partial charge in [-0.2, -0.15) is 13.2 Å². The van der Waals surface area contributed by atoms with Crippen LogP contribution in [-0.2, 0) is 12.7 Å². The highest BCUT2D eigenvalue weighted by atomic mass is 19.4. The first kappa shape index (κ1) is 21.1. The molecule has 2 aromatic carbocycles. The maximum atomic E-state index is 13.1. The fourth-order valence-corrected chi connectivity index (χ4v) is 3.67. The van der Waals surface area contributed by atoms with Gasteiger partial charge < -0.3 is 14.8 Å². The lowest BCUT2D eigenvalue weighted by atomic mass is 10.1. The Balaban J connectivity index is 1.33. The molecule has 0 atom stereocenters. The number of rotatable bonds is 6. The Labute approximate surface area is 185 Å². The van der Waals surface area contributed by atoms with Gasteiger partial charge in [0.1, 0.15) is 0 Å². The first-order valence-electron chi connectivity index (χ1n) is 10.4. The van der Waals surface area contributed by atoms with Crippen LogP contribution in [0, 0.1) is 0 Å². The number of nitrogens with one attached hydrogen (secondary N) is 1. The number of amides is 1. The monoisotopic (exact) mass is 460 g/mol. The first-order valence-corrected chi connectivity index (χ1v) is 10.4. The number of hydrogen-bond acceptors (Lipinski definition) is 5. The van der Waals surface area contributed by atoms with Crippen LogP contribution in [0.3, 0.4) is 0 Å². The molecule has 33 heavy (non-hydrogen) atoms. The van der Waals surface area contributed by atoms with E-state index in [0.29, 0.717) is 17.1 Å². The predicted octanol–water partition coefficient (Wildman–Crippen LogP) is 3.22. The summed E-state index contributed by atoms with van der Waals surface area (Å²) >= 11 is 0. The van der Waals surface area contributed by atoms with E-state index < -0.39 is 17.4 Å². The molecule has 0 saturated heterocycles. The molecule has 5 rings (SSSR count). The molecule has 0 spiro atoms. The molecule has 2 aliphatic rings. The van der Waals surface area contributed by atoms with Crippen molar-refractivity contribution in [2.24, 2.45) is 0 Å². The fraction of sp³-hybridized carbons (Fsp3) is 0.318. The van der Waals surface area contributed by atoms with E-state index in [1.807, 2.05) is 0 Å². The van der Waals surface area contributed by atoms with Crippen molar-refractivity contribution in [3.8, 4) is 22.9 Å². The zero-order valence-corrected chi connectivity index (χ0v) is 17.3. The molecular formula is C22H19F3N4O4. The van der Waals surface area contributed by atoms with Gasteiger partial charge in [-0.1, -0.05) is 12.1 Å². The highest BCUT2D eigenvalue weighted by Gasteiger charge is 2.33. The minimum absolute atomic E-state index is 0.0702. The molecule has 1 aromatic heterocycles. The molecule has 8 nitrogen and oxygen atoms in total. The van der Waals surface area contributed by atoms with Crippen LogP contribution < -0.4 is 20.5 Å². The van der Waals surface area contributed by atoms with Crippen LogP contribution in [0.4, 0.5) is 13.2 Å². The Hall–Kier alpha value is -3.76. The number of carbonyl (C=O) groups is 1. The van der Waals surface area contributed by atoms with Crippen LogP contribution >= 0.6 is 0 Å². The van der Waals surface area contributed by atoms with E-state index in [4.69, 9.17) is 9.47 Å². The molecule has 0 bridgehead atoms. The zero-order valence-electron chi connectivity index (χ0n) is 17.3. The minimum atomic E-state index is -4.50. The summed E-state index contributed by atoms with van der Waals surface area (Å²) in [6.07, 6.45) is -2.97. The van der Waals surface area contributed by atoms with Crippen LogP contribution in [0.1, 0.15) is 34.8 Å². The Morgan fingerprint density at radius 1 is 1.12 bits per heavy atom. The van der Waals surface area contributed by atoms with Gasteiger partial charge in [-0.15, -0.1) is 5.10 Å². The lowest BCUT2D eigenvalue weighted by Crippen LogP contribution is -2.32. The maximum absolute atomic E-state index is 13.1.